The van der Waals surface area contributed by atoms with Gasteiger partial charge in [-0.15, -0.1) is 20.2 Å². The van der Waals surface area contributed by atoms with Gasteiger partial charge in [0.1, 0.15) is 0 Å². The molecule has 2 N–H and O–H groups in total. The average Bonchev–Trinajstić information content (AvgIpc) is 1.25. The summed E-state index contributed by atoms with van der Waals surface area (Å²) in [5, 5.41) is 27.3. The summed E-state index contributed by atoms with van der Waals surface area (Å²) >= 11 is 0. The van der Waals surface area contributed by atoms with Crippen LogP contribution in [0.2, 0.25) is 0 Å². The van der Waals surface area contributed by atoms with Crippen molar-refractivity contribution in [3.05, 3.63) is 20.2 Å². The van der Waals surface area contributed by atoms with Crippen molar-refractivity contribution < 1.29 is 37.0 Å². The van der Waals surface area contributed by atoms with E-state index in [0.29, 0.717) is 0 Å². The number of rotatable bonds is 0. The van der Waals surface area contributed by atoms with Gasteiger partial charge < -0.3 is 26.8 Å². The molecule has 0 aromatic heterocycles. The monoisotopic (exact) mass is 228 g/mol. The molecule has 0 aliphatic carbocycles. The molecular formula is H2Al2N2O9. The summed E-state index contributed by atoms with van der Waals surface area (Å²) in [5.41, 5.74) is 0. The van der Waals surface area contributed by atoms with Crippen LogP contribution in [0.25, 0.3) is 0 Å². The normalized spacial score (nSPS) is 3.69. The van der Waals surface area contributed by atoms with Gasteiger partial charge in [-0.1, -0.05) is 0 Å². The molecule has 0 bridgehead atoms. The second-order valence-electron chi connectivity index (χ2n) is 0.476. The van der Waals surface area contributed by atoms with Crippen LogP contribution >= 0.6 is 0 Å². The Kier molecular flexibility index (Phi) is 182. The third kappa shape index (κ3) is 2310. The third-order valence-electron chi connectivity index (χ3n) is 0. The van der Waals surface area contributed by atoms with Crippen molar-refractivity contribution in [2.75, 3.05) is 0 Å². The van der Waals surface area contributed by atoms with Crippen molar-refractivity contribution in [1.29, 1.82) is 0 Å². The maximum absolute atomic E-state index is 8.36. The number of hydrogen-bond acceptors (Lipinski definition) is 4. The molecule has 0 spiro atoms. The molecular weight excluding hydrogens is 226 g/mol. The quantitative estimate of drug-likeness (QED) is 0.276. The van der Waals surface area contributed by atoms with E-state index >= 15 is 0 Å². The van der Waals surface area contributed by atoms with Crippen LogP contribution in [-0.4, -0.2) is 55.3 Å². The smallest absolute Gasteiger partial charge is 2.00 e. The van der Waals surface area contributed by atoms with Gasteiger partial charge in [-0.25, -0.2) is 0 Å². The van der Waals surface area contributed by atoms with Gasteiger partial charge in [0.25, 0.3) is 10.2 Å². The fourth-order valence-electron chi connectivity index (χ4n) is 0. The molecule has 11 nitrogen and oxygen atoms in total. The van der Waals surface area contributed by atoms with Gasteiger partial charge in [-0.05, 0) is 0 Å². The van der Waals surface area contributed by atoms with Gasteiger partial charge >= 0.3 is 34.7 Å². The SMILES string of the molecule is O=[N+]([O-])O.O=[N+]([O-])O.[Al+3].[Al+3].[O-2].[O-2].[O-2]. The molecule has 0 saturated heterocycles. The first-order chi connectivity index (χ1) is 3.46. The average molecular weight is 228 g/mol. The summed E-state index contributed by atoms with van der Waals surface area (Å²) in [7, 11) is 0. The first kappa shape index (κ1) is 55.6. The van der Waals surface area contributed by atoms with Crippen LogP contribution in [0, 0.1) is 20.2 Å². The largest absolute Gasteiger partial charge is 3.00 e. The van der Waals surface area contributed by atoms with E-state index < -0.39 is 10.2 Å². The first-order valence-electron chi connectivity index (χ1n) is 1.13. The van der Waals surface area contributed by atoms with Gasteiger partial charge in [-0.2, -0.15) is 0 Å². The van der Waals surface area contributed by atoms with E-state index in [1.54, 1.807) is 0 Å². The molecule has 0 aliphatic heterocycles. The van der Waals surface area contributed by atoms with Crippen molar-refractivity contribution in [3.8, 4) is 0 Å². The molecule has 72 valence electrons. The van der Waals surface area contributed by atoms with E-state index in [1.807, 2.05) is 0 Å². The maximum atomic E-state index is 8.36. The molecule has 0 aromatic rings. The summed E-state index contributed by atoms with van der Waals surface area (Å²) in [4.78, 5) is 16.7. The second-order valence-corrected chi connectivity index (χ2v) is 0.476. The Morgan fingerprint density at radius 2 is 0.769 bits per heavy atom. The fraction of sp³-hybridized carbons (Fsp3) is 0. The summed E-state index contributed by atoms with van der Waals surface area (Å²) in [5.74, 6) is 0. The Labute approximate surface area is 92.4 Å². The predicted octanol–water partition coefficient (Wildman–Crippen LogP) is -1.81. The summed E-state index contributed by atoms with van der Waals surface area (Å²) in [6.07, 6.45) is 0. The molecule has 0 atom stereocenters. The third-order valence-corrected chi connectivity index (χ3v) is 0. The summed E-state index contributed by atoms with van der Waals surface area (Å²) in [6, 6.07) is 0. The molecule has 13 heavy (non-hydrogen) atoms. The molecule has 0 amide bonds. The van der Waals surface area contributed by atoms with Crippen LogP contribution in [0.1, 0.15) is 0 Å². The molecule has 0 saturated carbocycles. The molecule has 0 aromatic carbocycles. The Morgan fingerprint density at radius 3 is 0.769 bits per heavy atom. The van der Waals surface area contributed by atoms with Crippen LogP contribution in [0.5, 0.6) is 0 Å². The molecule has 0 radical (unpaired) electrons. The predicted molar refractivity (Wildman–Crippen MR) is 31.1 cm³/mol. The zero-order chi connectivity index (χ0) is 7.15. The Hall–Kier alpha value is -0.655. The van der Waals surface area contributed by atoms with Crippen molar-refractivity contribution >= 4 is 34.7 Å². The van der Waals surface area contributed by atoms with Crippen LogP contribution in [-0.2, 0) is 16.4 Å². The van der Waals surface area contributed by atoms with Crippen LogP contribution in [0.4, 0.5) is 0 Å². The zero-order valence-electron chi connectivity index (χ0n) is 5.80. The standard InChI is InChI=1S/2Al.2HNO3.3O/c;;2*2-1(3)4;;;/h;;2*(H,2,3,4);;;/q2*+3;;;3*-2. The van der Waals surface area contributed by atoms with Crippen LogP contribution in [0.15, 0.2) is 0 Å². The molecule has 13 heteroatoms. The van der Waals surface area contributed by atoms with E-state index in [9.17, 15) is 0 Å². The minimum Gasteiger partial charge on any atom is -2.00 e. The van der Waals surface area contributed by atoms with Gasteiger partial charge in [0, 0.05) is 0 Å². The fourth-order valence-corrected chi connectivity index (χ4v) is 0. The van der Waals surface area contributed by atoms with Crippen LogP contribution in [0.3, 0.4) is 0 Å². The Bertz CT molecular complexity index is 73.6. The minimum absolute atomic E-state index is 0. The van der Waals surface area contributed by atoms with Gasteiger partial charge in [0.15, 0.2) is 0 Å². The van der Waals surface area contributed by atoms with Crippen molar-refractivity contribution in [2.24, 2.45) is 0 Å². The topological polar surface area (TPSA) is 212 Å². The van der Waals surface area contributed by atoms with Crippen molar-refractivity contribution in [1.82, 2.24) is 0 Å². The maximum Gasteiger partial charge on any atom is 3.00 e. The second kappa shape index (κ2) is 42.5. The van der Waals surface area contributed by atoms with Gasteiger partial charge in [-0.3, -0.25) is 0 Å². The summed E-state index contributed by atoms with van der Waals surface area (Å²) in [6.45, 7) is 0. The zero-order valence-corrected chi connectivity index (χ0v) is 8.11. The van der Waals surface area contributed by atoms with Gasteiger partial charge in [0.2, 0.25) is 0 Å². The van der Waals surface area contributed by atoms with Crippen molar-refractivity contribution in [2.45, 2.75) is 0 Å². The van der Waals surface area contributed by atoms with Crippen LogP contribution < -0.4 is 0 Å². The first-order valence-corrected chi connectivity index (χ1v) is 1.13. The van der Waals surface area contributed by atoms with Crippen molar-refractivity contribution in [3.63, 3.8) is 0 Å². The molecule has 0 aliphatic rings. The van der Waals surface area contributed by atoms with E-state index in [2.05, 4.69) is 0 Å². The Balaban J connectivity index is -0.00000000800. The van der Waals surface area contributed by atoms with E-state index in [-0.39, 0.29) is 51.2 Å². The number of hydrogen-bond donors (Lipinski definition) is 2. The van der Waals surface area contributed by atoms with E-state index in [1.165, 1.54) is 0 Å². The van der Waals surface area contributed by atoms with E-state index in [0.717, 1.165) is 0 Å². The molecule has 0 rings (SSSR count). The van der Waals surface area contributed by atoms with E-state index in [4.69, 9.17) is 30.6 Å². The molecule has 0 fully saturated rings. The number of nitrogens with zero attached hydrogens (tertiary/aromatic N) is 2. The molecule has 0 heterocycles. The molecule has 0 unspecified atom stereocenters. The van der Waals surface area contributed by atoms with Gasteiger partial charge in [0.05, 0.1) is 0 Å². The summed E-state index contributed by atoms with van der Waals surface area (Å²) < 4.78 is 0. The Morgan fingerprint density at radius 1 is 0.769 bits per heavy atom. The minimum atomic E-state index is -1.50.